The van der Waals surface area contributed by atoms with Gasteiger partial charge in [0.15, 0.2) is 0 Å². The normalized spacial score (nSPS) is 12.2. The van der Waals surface area contributed by atoms with Gasteiger partial charge in [-0.2, -0.15) is 0 Å². The highest BCUT2D eigenvalue weighted by molar-refractivity contribution is 5.30. The van der Waals surface area contributed by atoms with Crippen molar-refractivity contribution in [3.8, 4) is 5.75 Å². The largest absolute Gasteiger partial charge is 0.494 e. The van der Waals surface area contributed by atoms with Crippen molar-refractivity contribution in [1.29, 1.82) is 0 Å². The first kappa shape index (κ1) is 15.4. The fourth-order valence-electron chi connectivity index (χ4n) is 2.03. The minimum atomic E-state index is -0.887. The highest BCUT2D eigenvalue weighted by atomic mass is 19.1. The zero-order valence-corrected chi connectivity index (χ0v) is 11.9. The molecule has 1 atom stereocenters. The summed E-state index contributed by atoms with van der Waals surface area (Å²) < 4.78 is 32.1. The first-order valence-corrected chi connectivity index (χ1v) is 6.95. The zero-order valence-electron chi connectivity index (χ0n) is 11.9. The van der Waals surface area contributed by atoms with Gasteiger partial charge >= 0.3 is 0 Å². The molecule has 2 aromatic carbocycles. The third kappa shape index (κ3) is 4.26. The lowest BCUT2D eigenvalue weighted by Gasteiger charge is -2.13. The van der Waals surface area contributed by atoms with Crippen LogP contribution in [0.4, 0.5) is 8.78 Å². The molecule has 0 bridgehead atoms. The fraction of sp³-hybridized carbons (Fsp3) is 0.294. The standard InChI is InChI=1S/C17H18F2O2/c1-2-9-21-15-6-3-12(4-7-15)17(20)11-13-10-14(18)5-8-16(13)19/h3-8,10,17,20H,2,9,11H2,1H3. The van der Waals surface area contributed by atoms with Crippen molar-refractivity contribution in [1.82, 2.24) is 0 Å². The molecule has 1 N–H and O–H groups in total. The van der Waals surface area contributed by atoms with Crippen LogP contribution in [-0.2, 0) is 6.42 Å². The van der Waals surface area contributed by atoms with E-state index in [1.165, 1.54) is 0 Å². The molecule has 2 nitrogen and oxygen atoms in total. The van der Waals surface area contributed by atoms with Crippen LogP contribution in [0.25, 0.3) is 0 Å². The first-order valence-electron chi connectivity index (χ1n) is 6.95. The van der Waals surface area contributed by atoms with Gasteiger partial charge in [-0.15, -0.1) is 0 Å². The van der Waals surface area contributed by atoms with E-state index in [0.29, 0.717) is 12.2 Å². The maximum atomic E-state index is 13.6. The van der Waals surface area contributed by atoms with Crippen molar-refractivity contribution in [2.45, 2.75) is 25.9 Å². The van der Waals surface area contributed by atoms with Crippen molar-refractivity contribution in [2.24, 2.45) is 0 Å². The minimum absolute atomic E-state index is 0.0265. The third-order valence-corrected chi connectivity index (χ3v) is 3.16. The summed E-state index contributed by atoms with van der Waals surface area (Å²) >= 11 is 0. The van der Waals surface area contributed by atoms with Crippen LogP contribution in [0.1, 0.15) is 30.6 Å². The van der Waals surface area contributed by atoms with E-state index in [1.807, 2.05) is 6.92 Å². The Morgan fingerprint density at radius 2 is 1.81 bits per heavy atom. The number of ether oxygens (including phenoxy) is 1. The summed E-state index contributed by atoms with van der Waals surface area (Å²) in [5, 5.41) is 10.1. The van der Waals surface area contributed by atoms with Gasteiger partial charge < -0.3 is 9.84 Å². The van der Waals surface area contributed by atoms with Crippen LogP contribution < -0.4 is 4.74 Å². The fourth-order valence-corrected chi connectivity index (χ4v) is 2.03. The lowest BCUT2D eigenvalue weighted by molar-refractivity contribution is 0.177. The van der Waals surface area contributed by atoms with E-state index in [2.05, 4.69) is 0 Å². The van der Waals surface area contributed by atoms with E-state index in [4.69, 9.17) is 4.74 Å². The molecule has 21 heavy (non-hydrogen) atoms. The number of rotatable bonds is 6. The number of aliphatic hydroxyl groups excluding tert-OH is 1. The van der Waals surface area contributed by atoms with E-state index in [1.54, 1.807) is 24.3 Å². The van der Waals surface area contributed by atoms with Crippen LogP contribution in [0, 0.1) is 11.6 Å². The average molecular weight is 292 g/mol. The highest BCUT2D eigenvalue weighted by Crippen LogP contribution is 2.23. The van der Waals surface area contributed by atoms with E-state index in [-0.39, 0.29) is 12.0 Å². The summed E-state index contributed by atoms with van der Waals surface area (Å²) in [6.45, 7) is 2.65. The van der Waals surface area contributed by atoms with Crippen LogP contribution in [0.2, 0.25) is 0 Å². The molecule has 0 spiro atoms. The van der Waals surface area contributed by atoms with Gasteiger partial charge in [0.2, 0.25) is 0 Å². The topological polar surface area (TPSA) is 29.5 Å². The molecule has 0 saturated heterocycles. The first-order chi connectivity index (χ1) is 10.1. The molecule has 2 rings (SSSR count). The average Bonchev–Trinajstić information content (AvgIpc) is 2.49. The Balaban J connectivity index is 2.05. The SMILES string of the molecule is CCCOc1ccc(C(O)Cc2cc(F)ccc2F)cc1. The molecule has 4 heteroatoms. The summed E-state index contributed by atoms with van der Waals surface area (Å²) in [5.74, 6) is -0.301. The molecular weight excluding hydrogens is 274 g/mol. The molecule has 112 valence electrons. The Hall–Kier alpha value is -1.94. The van der Waals surface area contributed by atoms with Crippen LogP contribution in [-0.4, -0.2) is 11.7 Å². The Kier molecular flexibility index (Phi) is 5.28. The number of hydrogen-bond donors (Lipinski definition) is 1. The molecule has 0 saturated carbocycles. The number of aliphatic hydroxyl groups is 1. The van der Waals surface area contributed by atoms with Gasteiger partial charge in [0.1, 0.15) is 17.4 Å². The second-order valence-corrected chi connectivity index (χ2v) is 4.87. The Labute approximate surface area is 123 Å². The van der Waals surface area contributed by atoms with Crippen LogP contribution >= 0.6 is 0 Å². The van der Waals surface area contributed by atoms with Crippen LogP contribution in [0.15, 0.2) is 42.5 Å². The predicted molar refractivity (Wildman–Crippen MR) is 77.2 cm³/mol. The summed E-state index contributed by atoms with van der Waals surface area (Å²) in [6.07, 6.45) is 0.0589. The number of benzene rings is 2. The summed E-state index contributed by atoms with van der Waals surface area (Å²) in [5.41, 5.74) is 0.802. The maximum absolute atomic E-state index is 13.6. The van der Waals surface area contributed by atoms with Gasteiger partial charge in [-0.25, -0.2) is 8.78 Å². The van der Waals surface area contributed by atoms with Crippen molar-refractivity contribution < 1.29 is 18.6 Å². The van der Waals surface area contributed by atoms with Gasteiger partial charge in [0.05, 0.1) is 12.7 Å². The van der Waals surface area contributed by atoms with Crippen molar-refractivity contribution >= 4 is 0 Å². The second kappa shape index (κ2) is 7.18. The summed E-state index contributed by atoms with van der Waals surface area (Å²) in [6, 6.07) is 10.2. The van der Waals surface area contributed by atoms with E-state index in [9.17, 15) is 13.9 Å². The summed E-state index contributed by atoms with van der Waals surface area (Å²) in [4.78, 5) is 0. The molecule has 0 aliphatic carbocycles. The Morgan fingerprint density at radius 1 is 1.10 bits per heavy atom. The molecule has 0 aliphatic rings. The van der Waals surface area contributed by atoms with Gasteiger partial charge in [-0.05, 0) is 47.9 Å². The van der Waals surface area contributed by atoms with Crippen molar-refractivity contribution in [3.05, 3.63) is 65.2 Å². The van der Waals surface area contributed by atoms with Crippen LogP contribution in [0.5, 0.6) is 5.75 Å². The van der Waals surface area contributed by atoms with E-state index < -0.39 is 17.7 Å². The van der Waals surface area contributed by atoms with Crippen molar-refractivity contribution in [3.63, 3.8) is 0 Å². The lowest BCUT2D eigenvalue weighted by atomic mass is 10.0. The monoisotopic (exact) mass is 292 g/mol. The molecule has 0 aliphatic heterocycles. The quantitative estimate of drug-likeness (QED) is 0.871. The molecule has 0 amide bonds. The third-order valence-electron chi connectivity index (χ3n) is 3.16. The van der Waals surface area contributed by atoms with Crippen LogP contribution in [0.3, 0.4) is 0 Å². The number of halogens is 2. The second-order valence-electron chi connectivity index (χ2n) is 4.87. The van der Waals surface area contributed by atoms with Crippen molar-refractivity contribution in [2.75, 3.05) is 6.61 Å². The Bertz CT molecular complexity index is 582. The molecule has 0 radical (unpaired) electrons. The molecule has 0 aromatic heterocycles. The molecule has 2 aromatic rings. The molecule has 0 fully saturated rings. The van der Waals surface area contributed by atoms with Gasteiger partial charge in [0.25, 0.3) is 0 Å². The summed E-state index contributed by atoms with van der Waals surface area (Å²) in [7, 11) is 0. The molecular formula is C17H18F2O2. The predicted octanol–water partition coefficient (Wildman–Crippen LogP) is 4.03. The number of hydrogen-bond acceptors (Lipinski definition) is 2. The van der Waals surface area contributed by atoms with Gasteiger partial charge in [-0.3, -0.25) is 0 Å². The van der Waals surface area contributed by atoms with Gasteiger partial charge in [0, 0.05) is 6.42 Å². The lowest BCUT2D eigenvalue weighted by Crippen LogP contribution is -2.04. The Morgan fingerprint density at radius 3 is 2.48 bits per heavy atom. The van der Waals surface area contributed by atoms with Gasteiger partial charge in [-0.1, -0.05) is 19.1 Å². The zero-order chi connectivity index (χ0) is 15.2. The molecule has 0 heterocycles. The maximum Gasteiger partial charge on any atom is 0.126 e. The minimum Gasteiger partial charge on any atom is -0.494 e. The smallest absolute Gasteiger partial charge is 0.126 e. The molecule has 1 unspecified atom stereocenters. The van der Waals surface area contributed by atoms with E-state index in [0.717, 1.165) is 30.4 Å². The highest BCUT2D eigenvalue weighted by Gasteiger charge is 2.12. The van der Waals surface area contributed by atoms with E-state index >= 15 is 0 Å².